The van der Waals surface area contributed by atoms with Gasteiger partial charge in [0.25, 0.3) is 11.8 Å². The number of pyridine rings is 2. The predicted octanol–water partition coefficient (Wildman–Crippen LogP) is 10.0. The summed E-state index contributed by atoms with van der Waals surface area (Å²) in [7, 11) is 7.40. The maximum atomic E-state index is 13.7. The standard InChI is InChI=1S/C30H35N9O3.C30H37N7O3.CH4/c1-30(2,3)42-29(41)38-16-22(34-35-31)25(17-38)37(5)28(40)20-10-11-23-21(13-20)33-27(36(23)4)24-14-19-7-6-12-32-26(19)39(24)15-18-8-9-18;1-30(2,3)40-29(39)36-16-21(31)25(17-36)35(5)28(38)20-10-11-23-22(13-20)33-27(34(23)4)24-14-19-7-6-12-32-26(19)37(24)15-18-8-9-18;/h6-7,10-14,18,22,25H,8-9,15-17H2,1-5H3;6-7,10-14,18,21,25H,8-9,15-17,31H2,1-5H3;1H4/t22-,25-;21-,25-;/m00./s1. The van der Waals surface area contributed by atoms with Crippen LogP contribution >= 0.6 is 0 Å². The van der Waals surface area contributed by atoms with Crippen LogP contribution < -0.4 is 5.73 Å². The number of ether oxygens (including phenoxy) is 2. The summed E-state index contributed by atoms with van der Waals surface area (Å²) in [4.78, 5) is 81.1. The minimum Gasteiger partial charge on any atom is -0.444 e. The second kappa shape index (κ2) is 22.3. The molecule has 2 aliphatic carbocycles. The molecule has 12 rings (SSSR count). The molecule has 8 aromatic rings. The maximum absolute atomic E-state index is 13.7. The van der Waals surface area contributed by atoms with Crippen LogP contribution in [0, 0.1) is 11.8 Å². The lowest BCUT2D eigenvalue weighted by Gasteiger charge is -2.27. The molecule has 0 unspecified atom stereocenters. The van der Waals surface area contributed by atoms with E-state index >= 15 is 0 Å². The number of likely N-dealkylation sites (N-methyl/N-ethyl adjacent to an activating group) is 2. The molecule has 22 nitrogen and oxygen atoms in total. The zero-order valence-corrected chi connectivity index (χ0v) is 48.4. The van der Waals surface area contributed by atoms with Gasteiger partial charge in [0.2, 0.25) is 0 Å². The molecule has 2 saturated carbocycles. The lowest BCUT2D eigenvalue weighted by Crippen LogP contribution is -2.47. The quantitative estimate of drug-likeness (QED) is 0.0725. The van der Waals surface area contributed by atoms with Gasteiger partial charge in [0.05, 0.1) is 51.6 Å². The normalized spacial score (nSPS) is 18.9. The van der Waals surface area contributed by atoms with Crippen molar-refractivity contribution in [2.45, 2.75) is 123 Å². The van der Waals surface area contributed by atoms with Crippen LogP contribution in [0.25, 0.3) is 77.6 Å². The molecule has 0 radical (unpaired) electrons. The number of aryl methyl sites for hydroxylation is 2. The monoisotopic (exact) mass is 1130 g/mol. The van der Waals surface area contributed by atoms with Gasteiger partial charge in [-0.3, -0.25) is 9.59 Å². The van der Waals surface area contributed by atoms with Gasteiger partial charge < -0.3 is 53.1 Å². The van der Waals surface area contributed by atoms with Gasteiger partial charge in [0, 0.05) is 113 Å². The molecule has 6 aromatic heterocycles. The van der Waals surface area contributed by atoms with E-state index < -0.39 is 35.5 Å². The molecule has 4 aliphatic rings. The van der Waals surface area contributed by atoms with E-state index in [4.69, 9.17) is 30.7 Å². The molecule has 2 saturated heterocycles. The maximum Gasteiger partial charge on any atom is 0.410 e. The molecule has 2 aromatic carbocycles. The Kier molecular flexibility index (Phi) is 15.5. The average Bonchev–Trinajstić information content (AvgIpc) is 2.25. The van der Waals surface area contributed by atoms with Crippen molar-refractivity contribution in [2.24, 2.45) is 36.8 Å². The first-order valence-corrected chi connectivity index (χ1v) is 28.2. The number of hydrogen-bond acceptors (Lipinski definition) is 12. The Labute approximate surface area is 482 Å². The minimum absolute atomic E-state index is 0. The smallest absolute Gasteiger partial charge is 0.410 e. The van der Waals surface area contributed by atoms with E-state index in [-0.39, 0.29) is 44.4 Å². The van der Waals surface area contributed by atoms with E-state index in [9.17, 15) is 19.2 Å². The highest BCUT2D eigenvalue weighted by Gasteiger charge is 2.42. The number of hydrogen-bond donors (Lipinski definition) is 1. The number of carbonyl (C=O) groups is 4. The summed E-state index contributed by atoms with van der Waals surface area (Å²) < 4.78 is 19.7. The Bertz CT molecular complexity index is 3850. The summed E-state index contributed by atoms with van der Waals surface area (Å²) in [5, 5.41) is 6.06. The Morgan fingerprint density at radius 1 is 0.651 bits per heavy atom. The number of rotatable bonds is 11. The number of benzene rings is 2. The van der Waals surface area contributed by atoms with Crippen molar-refractivity contribution in [3.8, 4) is 23.0 Å². The van der Waals surface area contributed by atoms with Crippen LogP contribution in [0.1, 0.15) is 95.4 Å². The van der Waals surface area contributed by atoms with Crippen LogP contribution in [-0.2, 0) is 36.7 Å². The molecule has 436 valence electrons. The lowest BCUT2D eigenvalue weighted by molar-refractivity contribution is 0.0270. The van der Waals surface area contributed by atoms with Crippen LogP contribution in [0.5, 0.6) is 0 Å². The van der Waals surface area contributed by atoms with Gasteiger partial charge in [-0.2, -0.15) is 0 Å². The SMILES string of the molecule is C.CN(C(=O)c1ccc2c(c1)nc(-c1cc3cccnc3n1CC1CC1)n2C)[C@H]1CN(C(=O)OC(C)(C)C)C[C@@H]1N.CN(C(=O)c1ccc2c(c1)nc(-c1cc3cccnc3n1CC1CC1)n2C)[C@H]1CN(C(=O)OC(C)(C)C)C[C@@H]1N=[N+]=[N-]. The minimum atomic E-state index is -0.662. The molecule has 4 amide bonds. The average molecular weight is 1130 g/mol. The highest BCUT2D eigenvalue weighted by Crippen LogP contribution is 2.38. The molecule has 4 fully saturated rings. The highest BCUT2D eigenvalue weighted by atomic mass is 16.6. The van der Waals surface area contributed by atoms with E-state index in [2.05, 4.69) is 62.5 Å². The van der Waals surface area contributed by atoms with Crippen molar-refractivity contribution in [3.63, 3.8) is 0 Å². The third-order valence-electron chi connectivity index (χ3n) is 16.0. The van der Waals surface area contributed by atoms with Crippen LogP contribution in [0.15, 0.2) is 90.3 Å². The number of fused-ring (bicyclic) bond motifs is 4. The molecule has 0 bridgehead atoms. The predicted molar refractivity (Wildman–Crippen MR) is 319 cm³/mol. The number of amides is 4. The van der Waals surface area contributed by atoms with Gasteiger partial charge in [-0.05, 0) is 157 Å². The summed E-state index contributed by atoms with van der Waals surface area (Å²) in [6.07, 6.45) is 7.68. The van der Waals surface area contributed by atoms with Crippen molar-refractivity contribution in [1.82, 2.24) is 57.8 Å². The topological polar surface area (TPSA) is 246 Å². The van der Waals surface area contributed by atoms with E-state index in [0.29, 0.717) is 41.6 Å². The molecular formula is C61H76N16O6. The first kappa shape index (κ1) is 57.7. The number of nitrogens with zero attached hydrogens (tertiary/aromatic N) is 15. The molecule has 22 heteroatoms. The van der Waals surface area contributed by atoms with E-state index in [1.54, 1.807) is 61.7 Å². The fourth-order valence-corrected chi connectivity index (χ4v) is 11.4. The second-order valence-electron chi connectivity index (χ2n) is 24.6. The molecule has 2 aliphatic heterocycles. The number of aromatic nitrogens is 8. The molecular weight excluding hydrogens is 1050 g/mol. The number of imidazole rings is 2. The van der Waals surface area contributed by atoms with E-state index in [0.717, 1.165) is 74.7 Å². The van der Waals surface area contributed by atoms with E-state index in [1.165, 1.54) is 30.6 Å². The summed E-state index contributed by atoms with van der Waals surface area (Å²) in [5.41, 5.74) is 22.5. The Balaban J connectivity index is 0.000000183. The highest BCUT2D eigenvalue weighted by molar-refractivity contribution is 5.99. The van der Waals surface area contributed by atoms with Crippen molar-refractivity contribution in [3.05, 3.63) is 107 Å². The van der Waals surface area contributed by atoms with Gasteiger partial charge in [-0.15, -0.1) is 0 Å². The summed E-state index contributed by atoms with van der Waals surface area (Å²) in [6, 6.07) is 21.7. The van der Waals surface area contributed by atoms with Crippen molar-refractivity contribution < 1.29 is 28.7 Å². The molecule has 8 heterocycles. The van der Waals surface area contributed by atoms with Gasteiger partial charge >= 0.3 is 12.2 Å². The third kappa shape index (κ3) is 11.8. The Morgan fingerprint density at radius 2 is 1.08 bits per heavy atom. The Morgan fingerprint density at radius 3 is 1.52 bits per heavy atom. The van der Waals surface area contributed by atoms with Crippen molar-refractivity contribution >= 4 is 68.1 Å². The summed E-state index contributed by atoms with van der Waals surface area (Å²) >= 11 is 0. The van der Waals surface area contributed by atoms with Crippen molar-refractivity contribution in [1.29, 1.82) is 0 Å². The van der Waals surface area contributed by atoms with Gasteiger partial charge in [0.15, 0.2) is 11.6 Å². The Hall–Kier alpha value is -8.49. The molecule has 83 heavy (non-hydrogen) atoms. The first-order valence-electron chi connectivity index (χ1n) is 28.2. The molecule has 2 N–H and O–H groups in total. The molecule has 4 atom stereocenters. The van der Waals surface area contributed by atoms with Gasteiger partial charge in [-0.25, -0.2) is 29.5 Å². The number of carbonyl (C=O) groups excluding carboxylic acids is 4. The fourth-order valence-electron chi connectivity index (χ4n) is 11.4. The summed E-state index contributed by atoms with van der Waals surface area (Å²) in [5.74, 6) is 2.59. The number of azide groups is 1. The zero-order chi connectivity index (χ0) is 58.1. The van der Waals surface area contributed by atoms with Gasteiger partial charge in [0.1, 0.15) is 22.5 Å². The number of nitrogens with two attached hydrogens (primary N) is 1. The molecule has 0 spiro atoms. The zero-order valence-electron chi connectivity index (χ0n) is 48.4. The third-order valence-corrected chi connectivity index (χ3v) is 16.0. The van der Waals surface area contributed by atoms with Gasteiger partial charge in [-0.1, -0.05) is 12.5 Å². The largest absolute Gasteiger partial charge is 0.444 e. The van der Waals surface area contributed by atoms with Crippen molar-refractivity contribution in [2.75, 3.05) is 40.3 Å². The van der Waals surface area contributed by atoms with Crippen LogP contribution in [0.2, 0.25) is 0 Å². The second-order valence-corrected chi connectivity index (χ2v) is 24.6. The lowest BCUT2D eigenvalue weighted by atomic mass is 10.1. The summed E-state index contributed by atoms with van der Waals surface area (Å²) in [6.45, 7) is 13.7. The van der Waals surface area contributed by atoms with Crippen LogP contribution in [-0.4, -0.2) is 157 Å². The van der Waals surface area contributed by atoms with Crippen LogP contribution in [0.3, 0.4) is 0 Å². The first-order chi connectivity index (χ1) is 39.0. The van der Waals surface area contributed by atoms with E-state index in [1.807, 2.05) is 83.7 Å². The van der Waals surface area contributed by atoms with Crippen LogP contribution in [0.4, 0.5) is 9.59 Å². The fraction of sp³-hybridized carbons (Fsp3) is 0.475. The number of likely N-dealkylation sites (tertiary alicyclic amines) is 2.